The summed E-state index contributed by atoms with van der Waals surface area (Å²) in [5.74, 6) is 0.0479. The second kappa shape index (κ2) is 12.7. The third kappa shape index (κ3) is 5.20. The van der Waals surface area contributed by atoms with Gasteiger partial charge >= 0.3 is 0 Å². The topological polar surface area (TPSA) is 9.72 Å². The Balaban J connectivity index is 1.26. The monoisotopic (exact) mass is 679 g/mol. The van der Waals surface area contributed by atoms with Crippen LogP contribution in [0.25, 0.3) is 22.3 Å². The van der Waals surface area contributed by atoms with Gasteiger partial charge in [0, 0.05) is 52.7 Å². The van der Waals surface area contributed by atoms with Crippen LogP contribution in [0.5, 0.6) is 0 Å². The van der Waals surface area contributed by atoms with Gasteiger partial charge in [0.05, 0.1) is 11.4 Å². The van der Waals surface area contributed by atoms with Gasteiger partial charge in [-0.15, -0.1) is 0 Å². The lowest BCUT2D eigenvalue weighted by atomic mass is 9.75. The van der Waals surface area contributed by atoms with Gasteiger partial charge in [-0.1, -0.05) is 133 Å². The fraction of sp³-hybridized carbons (Fsp3) is 0.0400. The summed E-state index contributed by atoms with van der Waals surface area (Å²) in [6.07, 6.45) is 0. The molecular weight excluding hydrogens is 643 g/mol. The SMILES string of the molecule is CN1c2cc(-c3ccccc3)ccc2C2c3ccc(N(c4ccccc4)c4ccccc4)cc3N(c3ccccc3)c3cc(-c4ccccc4)cc1c32. The lowest BCUT2D eigenvalue weighted by molar-refractivity contribution is 0.899. The zero-order valence-corrected chi connectivity index (χ0v) is 29.5. The Bertz CT molecular complexity index is 2530. The van der Waals surface area contributed by atoms with Crippen molar-refractivity contribution in [1.29, 1.82) is 0 Å². The van der Waals surface area contributed by atoms with E-state index >= 15 is 0 Å². The van der Waals surface area contributed by atoms with Crippen molar-refractivity contribution in [2.24, 2.45) is 0 Å². The van der Waals surface area contributed by atoms with E-state index in [4.69, 9.17) is 0 Å². The Hall–Kier alpha value is -6.84. The average molecular weight is 680 g/mol. The van der Waals surface area contributed by atoms with Crippen LogP contribution >= 0.6 is 0 Å². The normalized spacial score (nSPS) is 13.9. The number of rotatable bonds is 6. The molecule has 252 valence electrons. The van der Waals surface area contributed by atoms with Crippen LogP contribution in [0.2, 0.25) is 0 Å². The molecule has 3 heteroatoms. The maximum atomic E-state index is 2.49. The molecular formula is C50H37N3. The second-order valence-electron chi connectivity index (χ2n) is 13.8. The summed E-state index contributed by atoms with van der Waals surface area (Å²) in [6.45, 7) is 0. The highest BCUT2D eigenvalue weighted by Gasteiger charge is 2.40. The highest BCUT2D eigenvalue weighted by atomic mass is 15.2. The Morgan fingerprint density at radius 3 is 1.49 bits per heavy atom. The molecule has 0 aromatic heterocycles. The molecule has 0 fully saturated rings. The van der Waals surface area contributed by atoms with Gasteiger partial charge in [0.15, 0.2) is 0 Å². The van der Waals surface area contributed by atoms with Crippen LogP contribution in [0.4, 0.5) is 45.5 Å². The number of fused-ring (bicyclic) bond motifs is 4. The quantitative estimate of drug-likeness (QED) is 0.173. The predicted octanol–water partition coefficient (Wildman–Crippen LogP) is 13.5. The molecule has 2 aliphatic rings. The van der Waals surface area contributed by atoms with E-state index in [0.29, 0.717) is 0 Å². The van der Waals surface area contributed by atoms with E-state index in [1.165, 1.54) is 61.7 Å². The minimum absolute atomic E-state index is 0.0479. The maximum absolute atomic E-state index is 2.49. The standard InChI is InChI=1S/C50H37N3/c1-51-45-31-37(35-17-7-2-8-18-35)27-29-43(45)49-44-30-28-42(52(39-21-11-4-12-22-39)40-23-13-5-14-24-40)34-46(44)53(41-25-15-6-16-26-41)48-33-38(32-47(51)50(48)49)36-19-9-3-10-20-36/h2-34,49H,1H3. The van der Waals surface area contributed by atoms with Gasteiger partial charge in [-0.2, -0.15) is 0 Å². The first-order chi connectivity index (χ1) is 26.2. The van der Waals surface area contributed by atoms with Gasteiger partial charge in [-0.25, -0.2) is 0 Å². The molecule has 0 radical (unpaired) electrons. The molecule has 0 spiro atoms. The summed E-state index contributed by atoms with van der Waals surface area (Å²) in [5, 5.41) is 0. The Labute approximate surface area is 311 Å². The molecule has 0 N–H and O–H groups in total. The number of hydrogen-bond donors (Lipinski definition) is 0. The van der Waals surface area contributed by atoms with Crippen molar-refractivity contribution in [3.8, 4) is 22.3 Å². The van der Waals surface area contributed by atoms with Crippen LogP contribution in [0, 0.1) is 0 Å². The minimum Gasteiger partial charge on any atom is -0.344 e. The van der Waals surface area contributed by atoms with Crippen molar-refractivity contribution in [2.75, 3.05) is 21.7 Å². The summed E-state index contributed by atoms with van der Waals surface area (Å²) >= 11 is 0. The van der Waals surface area contributed by atoms with E-state index in [2.05, 4.69) is 222 Å². The summed E-state index contributed by atoms with van der Waals surface area (Å²) in [5.41, 5.74) is 18.1. The lowest BCUT2D eigenvalue weighted by Gasteiger charge is -2.45. The van der Waals surface area contributed by atoms with Crippen molar-refractivity contribution < 1.29 is 0 Å². The molecule has 1 unspecified atom stereocenters. The Morgan fingerprint density at radius 2 is 0.868 bits per heavy atom. The van der Waals surface area contributed by atoms with E-state index in [-0.39, 0.29) is 5.92 Å². The van der Waals surface area contributed by atoms with Crippen LogP contribution in [0.15, 0.2) is 200 Å². The van der Waals surface area contributed by atoms with Gasteiger partial charge in [0.1, 0.15) is 0 Å². The van der Waals surface area contributed by atoms with Crippen molar-refractivity contribution in [3.63, 3.8) is 0 Å². The van der Waals surface area contributed by atoms with Crippen LogP contribution < -0.4 is 14.7 Å². The van der Waals surface area contributed by atoms with Crippen LogP contribution in [0.3, 0.4) is 0 Å². The first-order valence-electron chi connectivity index (χ1n) is 18.3. The molecule has 1 atom stereocenters. The first-order valence-corrected chi connectivity index (χ1v) is 18.3. The number of para-hydroxylation sites is 3. The molecule has 3 nitrogen and oxygen atoms in total. The Morgan fingerprint density at radius 1 is 0.377 bits per heavy atom. The molecule has 0 aliphatic carbocycles. The molecule has 0 saturated carbocycles. The van der Waals surface area contributed by atoms with Gasteiger partial charge in [-0.05, 0) is 100 Å². The number of hydrogen-bond acceptors (Lipinski definition) is 3. The third-order valence-corrected chi connectivity index (χ3v) is 10.8. The second-order valence-corrected chi connectivity index (χ2v) is 13.8. The lowest BCUT2D eigenvalue weighted by Crippen LogP contribution is -2.29. The van der Waals surface area contributed by atoms with Crippen molar-refractivity contribution in [3.05, 3.63) is 217 Å². The van der Waals surface area contributed by atoms with Crippen LogP contribution in [-0.2, 0) is 0 Å². The Kier molecular flexibility index (Phi) is 7.43. The minimum atomic E-state index is 0.0479. The van der Waals surface area contributed by atoms with Gasteiger partial charge in [-0.3, -0.25) is 0 Å². The van der Waals surface area contributed by atoms with E-state index in [1.807, 2.05) is 0 Å². The molecule has 8 aromatic carbocycles. The van der Waals surface area contributed by atoms with Gasteiger partial charge in [0.2, 0.25) is 0 Å². The molecule has 8 aromatic rings. The summed E-state index contributed by atoms with van der Waals surface area (Å²) in [7, 11) is 2.23. The van der Waals surface area contributed by atoms with Crippen molar-refractivity contribution >= 4 is 45.5 Å². The average Bonchev–Trinajstić information content (AvgIpc) is 3.23. The third-order valence-electron chi connectivity index (χ3n) is 10.8. The van der Waals surface area contributed by atoms with E-state index in [9.17, 15) is 0 Å². The number of nitrogens with zero attached hydrogens (tertiary/aromatic N) is 3. The zero-order chi connectivity index (χ0) is 35.3. The molecule has 10 rings (SSSR count). The molecule has 53 heavy (non-hydrogen) atoms. The highest BCUT2D eigenvalue weighted by Crippen LogP contribution is 2.60. The van der Waals surface area contributed by atoms with Crippen molar-refractivity contribution in [1.82, 2.24) is 0 Å². The van der Waals surface area contributed by atoms with E-state index < -0.39 is 0 Å². The van der Waals surface area contributed by atoms with Gasteiger partial charge < -0.3 is 14.7 Å². The van der Waals surface area contributed by atoms with Crippen LogP contribution in [-0.4, -0.2) is 7.05 Å². The first kappa shape index (κ1) is 30.9. The summed E-state index contributed by atoms with van der Waals surface area (Å²) < 4.78 is 0. The van der Waals surface area contributed by atoms with E-state index in [0.717, 1.165) is 22.7 Å². The molecule has 0 bridgehead atoms. The molecule has 0 amide bonds. The van der Waals surface area contributed by atoms with Crippen LogP contribution in [0.1, 0.15) is 22.6 Å². The van der Waals surface area contributed by atoms with Gasteiger partial charge in [0.25, 0.3) is 0 Å². The molecule has 0 saturated heterocycles. The largest absolute Gasteiger partial charge is 0.344 e. The molecule has 2 aliphatic heterocycles. The fourth-order valence-electron chi connectivity index (χ4n) is 8.37. The zero-order valence-electron chi connectivity index (χ0n) is 29.5. The number of benzene rings is 8. The summed E-state index contributed by atoms with van der Waals surface area (Å²) in [6, 6.07) is 72.7. The molecule has 2 heterocycles. The smallest absolute Gasteiger partial charge is 0.0530 e. The predicted molar refractivity (Wildman–Crippen MR) is 222 cm³/mol. The highest BCUT2D eigenvalue weighted by molar-refractivity contribution is 5.97. The fourth-order valence-corrected chi connectivity index (χ4v) is 8.37. The van der Waals surface area contributed by atoms with Crippen molar-refractivity contribution in [2.45, 2.75) is 5.92 Å². The maximum Gasteiger partial charge on any atom is 0.0530 e. The number of anilines is 8. The summed E-state index contributed by atoms with van der Waals surface area (Å²) in [4.78, 5) is 7.27. The van der Waals surface area contributed by atoms with E-state index in [1.54, 1.807) is 0 Å².